The van der Waals surface area contributed by atoms with Crippen LogP contribution in [0.4, 0.5) is 0 Å². The van der Waals surface area contributed by atoms with Crippen LogP contribution in [-0.2, 0) is 16.1 Å². The monoisotopic (exact) mass is 452 g/mol. The maximum atomic E-state index is 10.6. The Kier molecular flexibility index (Phi) is 7.28. The number of rotatable bonds is 8. The Morgan fingerprint density at radius 2 is 1.75 bits per heavy atom. The summed E-state index contributed by atoms with van der Waals surface area (Å²) in [5.41, 5.74) is 5.46. The topological polar surface area (TPSA) is 64.4 Å². The van der Waals surface area contributed by atoms with Crippen molar-refractivity contribution in [2.75, 3.05) is 13.2 Å². The van der Waals surface area contributed by atoms with Gasteiger partial charge in [-0.1, -0.05) is 54.1 Å². The van der Waals surface area contributed by atoms with Crippen molar-refractivity contribution in [3.05, 3.63) is 65.3 Å². The van der Waals surface area contributed by atoms with Crippen LogP contribution in [-0.4, -0.2) is 34.1 Å². The molecule has 1 heterocycles. The molecule has 0 saturated heterocycles. The van der Waals surface area contributed by atoms with E-state index < -0.39 is 5.97 Å². The number of hydrogen-bond acceptors (Lipinski definition) is 3. The Bertz CT molecular complexity index is 1060. The minimum absolute atomic E-state index is 0.207. The molecule has 0 bridgehead atoms. The second-order valence-electron chi connectivity index (χ2n) is 8.66. The van der Waals surface area contributed by atoms with Crippen LogP contribution in [0.5, 0.6) is 0 Å². The van der Waals surface area contributed by atoms with Gasteiger partial charge in [-0.25, -0.2) is 4.79 Å². The Hall–Kier alpha value is -2.63. The van der Waals surface area contributed by atoms with Gasteiger partial charge < -0.3 is 9.84 Å². The molecule has 0 spiro atoms. The van der Waals surface area contributed by atoms with Gasteiger partial charge in [-0.05, 0) is 62.1 Å². The van der Waals surface area contributed by atoms with Crippen LogP contribution in [0.15, 0.2) is 54.6 Å². The van der Waals surface area contributed by atoms with Gasteiger partial charge in [-0.3, -0.25) is 4.68 Å². The van der Waals surface area contributed by atoms with Gasteiger partial charge in [0.15, 0.2) is 0 Å². The van der Waals surface area contributed by atoms with Crippen molar-refractivity contribution in [1.29, 1.82) is 0 Å². The van der Waals surface area contributed by atoms with Crippen LogP contribution in [0.3, 0.4) is 0 Å². The van der Waals surface area contributed by atoms with Crippen molar-refractivity contribution in [2.24, 2.45) is 11.8 Å². The third kappa shape index (κ3) is 5.40. The molecule has 5 nitrogen and oxygen atoms in total. The highest BCUT2D eigenvalue weighted by Gasteiger charge is 2.24. The van der Waals surface area contributed by atoms with E-state index in [-0.39, 0.29) is 6.61 Å². The number of carboxylic acids is 1. The number of halogens is 1. The van der Waals surface area contributed by atoms with Gasteiger partial charge in [-0.2, -0.15) is 5.10 Å². The molecule has 1 aliphatic rings. The summed E-state index contributed by atoms with van der Waals surface area (Å²) in [4.78, 5) is 10.6. The Morgan fingerprint density at radius 3 is 2.44 bits per heavy atom. The molecule has 4 rings (SSSR count). The number of aliphatic carboxylic acids is 1. The van der Waals surface area contributed by atoms with Crippen molar-refractivity contribution < 1.29 is 14.6 Å². The van der Waals surface area contributed by atoms with Gasteiger partial charge in [0.1, 0.15) is 12.3 Å². The average Bonchev–Trinajstić information content (AvgIpc) is 3.11. The zero-order valence-electron chi connectivity index (χ0n) is 18.3. The van der Waals surface area contributed by atoms with Gasteiger partial charge in [0, 0.05) is 28.4 Å². The number of carboxylic acid groups (broad SMARTS) is 1. The number of benzene rings is 2. The van der Waals surface area contributed by atoms with E-state index in [9.17, 15) is 4.79 Å². The highest BCUT2D eigenvalue weighted by Crippen LogP contribution is 2.37. The SMILES string of the molecule is Cc1c(-c2cccc(Cl)c2)c(-c2ccccc2)nn1C[C@H]1CC[C@@H](COCC(=O)O)CC1. The molecular weight excluding hydrogens is 424 g/mol. The summed E-state index contributed by atoms with van der Waals surface area (Å²) in [5.74, 6) is 0.101. The first-order valence-corrected chi connectivity index (χ1v) is 11.6. The number of ether oxygens (including phenoxy) is 1. The Morgan fingerprint density at radius 1 is 1.06 bits per heavy atom. The van der Waals surface area contributed by atoms with E-state index in [4.69, 9.17) is 26.5 Å². The standard InChI is InChI=1S/C26H29ClN2O3/c1-18-25(22-8-5-9-23(27)14-22)26(21-6-3-2-4-7-21)28-29(18)15-19-10-12-20(13-11-19)16-32-17-24(30)31/h2-9,14,19-20H,10-13,15-17H2,1H3,(H,30,31)/t19-,20+. The normalized spacial score (nSPS) is 18.6. The minimum Gasteiger partial charge on any atom is -0.480 e. The fourth-order valence-corrected chi connectivity index (χ4v) is 4.84. The van der Waals surface area contributed by atoms with E-state index >= 15 is 0 Å². The summed E-state index contributed by atoms with van der Waals surface area (Å²) in [7, 11) is 0. The fraction of sp³-hybridized carbons (Fsp3) is 0.385. The van der Waals surface area contributed by atoms with Gasteiger partial charge >= 0.3 is 5.97 Å². The molecule has 2 aromatic carbocycles. The van der Waals surface area contributed by atoms with Crippen LogP contribution in [0.2, 0.25) is 5.02 Å². The van der Waals surface area contributed by atoms with Gasteiger partial charge in [0.25, 0.3) is 0 Å². The van der Waals surface area contributed by atoms with E-state index in [1.807, 2.05) is 36.4 Å². The van der Waals surface area contributed by atoms with Gasteiger partial charge in [0.2, 0.25) is 0 Å². The maximum Gasteiger partial charge on any atom is 0.329 e. The lowest BCUT2D eigenvalue weighted by molar-refractivity contribution is -0.142. The van der Waals surface area contributed by atoms with E-state index in [0.29, 0.717) is 18.4 Å². The third-order valence-electron chi connectivity index (χ3n) is 6.34. The lowest BCUT2D eigenvalue weighted by Crippen LogP contribution is -2.23. The molecule has 32 heavy (non-hydrogen) atoms. The number of aromatic nitrogens is 2. The lowest BCUT2D eigenvalue weighted by Gasteiger charge is -2.28. The molecule has 0 amide bonds. The van der Waals surface area contributed by atoms with Crippen molar-refractivity contribution in [3.8, 4) is 22.4 Å². The predicted molar refractivity (Wildman–Crippen MR) is 127 cm³/mol. The van der Waals surface area contributed by atoms with Crippen LogP contribution in [0.1, 0.15) is 31.4 Å². The van der Waals surface area contributed by atoms with Crippen LogP contribution >= 0.6 is 11.6 Å². The Labute approximate surface area is 194 Å². The van der Waals surface area contributed by atoms with Crippen LogP contribution in [0, 0.1) is 18.8 Å². The van der Waals surface area contributed by atoms with Crippen molar-refractivity contribution >= 4 is 17.6 Å². The summed E-state index contributed by atoms with van der Waals surface area (Å²) < 4.78 is 7.46. The predicted octanol–water partition coefficient (Wildman–Crippen LogP) is 6.09. The third-order valence-corrected chi connectivity index (χ3v) is 6.58. The fourth-order valence-electron chi connectivity index (χ4n) is 4.65. The first kappa shape index (κ1) is 22.6. The molecule has 0 aliphatic heterocycles. The molecule has 1 aliphatic carbocycles. The lowest BCUT2D eigenvalue weighted by atomic mass is 9.82. The molecule has 1 saturated carbocycles. The molecule has 6 heteroatoms. The molecule has 0 unspecified atom stereocenters. The molecule has 1 aromatic heterocycles. The average molecular weight is 453 g/mol. The summed E-state index contributed by atoms with van der Waals surface area (Å²) in [6.45, 7) is 3.35. The first-order chi connectivity index (χ1) is 15.5. The second-order valence-corrected chi connectivity index (χ2v) is 9.10. The van der Waals surface area contributed by atoms with E-state index in [1.54, 1.807) is 0 Å². The summed E-state index contributed by atoms with van der Waals surface area (Å²) >= 11 is 6.30. The zero-order chi connectivity index (χ0) is 22.5. The van der Waals surface area contributed by atoms with Crippen LogP contribution in [0.25, 0.3) is 22.4 Å². The van der Waals surface area contributed by atoms with Crippen molar-refractivity contribution in [3.63, 3.8) is 0 Å². The van der Waals surface area contributed by atoms with Crippen molar-refractivity contribution in [2.45, 2.75) is 39.2 Å². The van der Waals surface area contributed by atoms with Gasteiger partial charge in [0.05, 0.1) is 6.61 Å². The molecule has 0 radical (unpaired) electrons. The van der Waals surface area contributed by atoms with Crippen LogP contribution < -0.4 is 0 Å². The molecule has 1 N–H and O–H groups in total. The summed E-state index contributed by atoms with van der Waals surface area (Å²) in [6.07, 6.45) is 4.34. The highest BCUT2D eigenvalue weighted by molar-refractivity contribution is 6.30. The largest absolute Gasteiger partial charge is 0.480 e. The number of carbonyl (C=O) groups is 1. The molecule has 3 aromatic rings. The number of nitrogens with zero attached hydrogens (tertiary/aromatic N) is 2. The zero-order valence-corrected chi connectivity index (χ0v) is 19.1. The van der Waals surface area contributed by atoms with Crippen molar-refractivity contribution in [1.82, 2.24) is 9.78 Å². The second kappa shape index (κ2) is 10.3. The van der Waals surface area contributed by atoms with Gasteiger partial charge in [-0.15, -0.1) is 0 Å². The molecule has 0 atom stereocenters. The van der Waals surface area contributed by atoms with E-state index in [0.717, 1.165) is 65.3 Å². The summed E-state index contributed by atoms with van der Waals surface area (Å²) in [5, 5.41) is 14.5. The molecule has 168 valence electrons. The molecular formula is C26H29ClN2O3. The van der Waals surface area contributed by atoms with E-state index in [2.05, 4.69) is 29.8 Å². The smallest absolute Gasteiger partial charge is 0.329 e. The minimum atomic E-state index is -0.905. The Balaban J connectivity index is 1.52. The first-order valence-electron chi connectivity index (χ1n) is 11.2. The summed E-state index contributed by atoms with van der Waals surface area (Å²) in [6, 6.07) is 18.3. The maximum absolute atomic E-state index is 10.6. The highest BCUT2D eigenvalue weighted by atomic mass is 35.5. The number of hydrogen-bond donors (Lipinski definition) is 1. The van der Waals surface area contributed by atoms with E-state index in [1.165, 1.54) is 0 Å². The molecule has 1 fully saturated rings. The quantitative estimate of drug-likeness (QED) is 0.449.